The molecular formula is C16H21N3S. The van der Waals surface area contributed by atoms with Crippen molar-refractivity contribution in [3.63, 3.8) is 0 Å². The molecule has 0 saturated heterocycles. The number of aromatic nitrogens is 2. The van der Waals surface area contributed by atoms with Crippen molar-refractivity contribution in [1.82, 2.24) is 9.97 Å². The highest BCUT2D eigenvalue weighted by atomic mass is 32.2. The molecule has 0 fully saturated rings. The topological polar surface area (TPSA) is 37.8 Å². The Morgan fingerprint density at radius 3 is 2.75 bits per heavy atom. The summed E-state index contributed by atoms with van der Waals surface area (Å²) >= 11 is 1.75. The quantitative estimate of drug-likeness (QED) is 0.638. The standard InChI is InChI=1S/C16H21N3S/c1-4-8-17-15-10-16(19-13(3)18-15)20-11-14-7-5-6-12(2)9-14/h5-7,9-10H,4,8,11H2,1-3H3,(H,17,18,19). The first-order valence-corrected chi connectivity index (χ1v) is 7.94. The maximum atomic E-state index is 4.49. The molecule has 106 valence electrons. The molecule has 0 bridgehead atoms. The van der Waals surface area contributed by atoms with Crippen LogP contribution in [0.25, 0.3) is 0 Å². The molecule has 0 unspecified atom stereocenters. The summed E-state index contributed by atoms with van der Waals surface area (Å²) in [5.74, 6) is 2.68. The zero-order valence-electron chi connectivity index (χ0n) is 12.3. The summed E-state index contributed by atoms with van der Waals surface area (Å²) in [4.78, 5) is 8.90. The molecule has 0 aliphatic rings. The highest BCUT2D eigenvalue weighted by Crippen LogP contribution is 2.23. The SMILES string of the molecule is CCCNc1cc(SCc2cccc(C)c2)nc(C)n1. The van der Waals surface area contributed by atoms with E-state index in [4.69, 9.17) is 0 Å². The fourth-order valence-corrected chi connectivity index (χ4v) is 2.80. The van der Waals surface area contributed by atoms with Crippen LogP contribution in [0.2, 0.25) is 0 Å². The van der Waals surface area contributed by atoms with E-state index in [-0.39, 0.29) is 0 Å². The third kappa shape index (κ3) is 4.53. The summed E-state index contributed by atoms with van der Waals surface area (Å²) in [6.07, 6.45) is 1.09. The molecule has 1 aromatic heterocycles. The molecule has 20 heavy (non-hydrogen) atoms. The molecule has 4 heteroatoms. The number of hydrogen-bond acceptors (Lipinski definition) is 4. The normalized spacial score (nSPS) is 10.6. The van der Waals surface area contributed by atoms with Crippen LogP contribution in [0.4, 0.5) is 5.82 Å². The number of rotatable bonds is 6. The Kier molecular flexibility index (Phi) is 5.41. The van der Waals surface area contributed by atoms with Crippen LogP contribution in [0.15, 0.2) is 35.4 Å². The minimum absolute atomic E-state index is 0.817. The summed E-state index contributed by atoms with van der Waals surface area (Å²) in [6, 6.07) is 10.6. The maximum Gasteiger partial charge on any atom is 0.130 e. The van der Waals surface area contributed by atoms with Crippen LogP contribution in [0.1, 0.15) is 30.3 Å². The van der Waals surface area contributed by atoms with Crippen LogP contribution < -0.4 is 5.32 Å². The van der Waals surface area contributed by atoms with Crippen molar-refractivity contribution in [3.8, 4) is 0 Å². The van der Waals surface area contributed by atoms with Gasteiger partial charge in [0.1, 0.15) is 16.7 Å². The van der Waals surface area contributed by atoms with E-state index < -0.39 is 0 Å². The van der Waals surface area contributed by atoms with E-state index in [1.807, 2.05) is 13.0 Å². The number of thioether (sulfide) groups is 1. The van der Waals surface area contributed by atoms with Crippen LogP contribution in [0, 0.1) is 13.8 Å². The molecule has 0 radical (unpaired) electrons. The van der Waals surface area contributed by atoms with Crippen LogP contribution in [0.3, 0.4) is 0 Å². The first kappa shape index (κ1) is 14.9. The highest BCUT2D eigenvalue weighted by Gasteiger charge is 2.03. The lowest BCUT2D eigenvalue weighted by Gasteiger charge is -2.08. The lowest BCUT2D eigenvalue weighted by Crippen LogP contribution is -2.04. The minimum Gasteiger partial charge on any atom is -0.370 e. The highest BCUT2D eigenvalue weighted by molar-refractivity contribution is 7.98. The lowest BCUT2D eigenvalue weighted by molar-refractivity contribution is 0.928. The fraction of sp³-hybridized carbons (Fsp3) is 0.375. The van der Waals surface area contributed by atoms with E-state index >= 15 is 0 Å². The van der Waals surface area contributed by atoms with Crippen LogP contribution >= 0.6 is 11.8 Å². The predicted molar refractivity (Wildman–Crippen MR) is 86.3 cm³/mol. The molecule has 0 aliphatic heterocycles. The number of nitrogens with zero attached hydrogens (tertiary/aromatic N) is 2. The molecule has 0 saturated carbocycles. The van der Waals surface area contributed by atoms with Gasteiger partial charge in [-0.25, -0.2) is 9.97 Å². The van der Waals surface area contributed by atoms with Gasteiger partial charge in [-0.2, -0.15) is 0 Å². The van der Waals surface area contributed by atoms with E-state index in [0.29, 0.717) is 0 Å². The molecule has 3 nitrogen and oxygen atoms in total. The maximum absolute atomic E-state index is 4.49. The van der Waals surface area contributed by atoms with E-state index in [9.17, 15) is 0 Å². The monoisotopic (exact) mass is 287 g/mol. The van der Waals surface area contributed by atoms with Crippen molar-refractivity contribution < 1.29 is 0 Å². The average molecular weight is 287 g/mol. The summed E-state index contributed by atoms with van der Waals surface area (Å²) in [6.45, 7) is 7.15. The Labute approximate surface area is 125 Å². The van der Waals surface area contributed by atoms with Crippen molar-refractivity contribution in [2.45, 2.75) is 38.0 Å². The third-order valence-electron chi connectivity index (χ3n) is 2.84. The number of hydrogen-bond donors (Lipinski definition) is 1. The second kappa shape index (κ2) is 7.29. The van der Waals surface area contributed by atoms with Gasteiger partial charge < -0.3 is 5.32 Å². The molecule has 0 amide bonds. The second-order valence-corrected chi connectivity index (χ2v) is 5.84. The lowest BCUT2D eigenvalue weighted by atomic mass is 10.2. The van der Waals surface area contributed by atoms with Crippen molar-refractivity contribution in [2.75, 3.05) is 11.9 Å². The Morgan fingerprint density at radius 1 is 1.15 bits per heavy atom. The smallest absolute Gasteiger partial charge is 0.130 e. The minimum atomic E-state index is 0.817. The van der Waals surface area contributed by atoms with Crippen LogP contribution in [0.5, 0.6) is 0 Å². The molecule has 1 heterocycles. The zero-order chi connectivity index (χ0) is 14.4. The number of aryl methyl sites for hydroxylation is 2. The molecule has 0 atom stereocenters. The number of nitrogens with one attached hydrogen (secondary N) is 1. The van der Waals surface area contributed by atoms with Gasteiger partial charge in [0, 0.05) is 18.4 Å². The average Bonchev–Trinajstić information content (AvgIpc) is 2.42. The number of benzene rings is 1. The van der Waals surface area contributed by atoms with Crippen LogP contribution in [-0.2, 0) is 5.75 Å². The van der Waals surface area contributed by atoms with Gasteiger partial charge in [-0.3, -0.25) is 0 Å². The Bertz CT molecular complexity index is 569. The van der Waals surface area contributed by atoms with Gasteiger partial charge in [0.25, 0.3) is 0 Å². The second-order valence-electron chi connectivity index (χ2n) is 4.84. The summed E-state index contributed by atoms with van der Waals surface area (Å²) in [5, 5.41) is 4.34. The molecular weight excluding hydrogens is 266 g/mol. The number of anilines is 1. The Morgan fingerprint density at radius 2 is 2.00 bits per heavy atom. The first-order chi connectivity index (χ1) is 9.67. The van der Waals surface area contributed by atoms with Crippen molar-refractivity contribution >= 4 is 17.6 Å². The van der Waals surface area contributed by atoms with E-state index in [2.05, 4.69) is 53.4 Å². The third-order valence-corrected chi connectivity index (χ3v) is 3.82. The summed E-state index contributed by atoms with van der Waals surface area (Å²) < 4.78 is 0. The van der Waals surface area contributed by atoms with Crippen molar-refractivity contribution in [1.29, 1.82) is 0 Å². The zero-order valence-corrected chi connectivity index (χ0v) is 13.1. The van der Waals surface area contributed by atoms with Crippen molar-refractivity contribution in [3.05, 3.63) is 47.3 Å². The van der Waals surface area contributed by atoms with Gasteiger partial charge in [-0.1, -0.05) is 36.8 Å². The van der Waals surface area contributed by atoms with Crippen molar-refractivity contribution in [2.24, 2.45) is 0 Å². The first-order valence-electron chi connectivity index (χ1n) is 6.95. The molecule has 0 spiro atoms. The Hall–Kier alpha value is -1.55. The fourth-order valence-electron chi connectivity index (χ4n) is 1.92. The van der Waals surface area contributed by atoms with Crippen LogP contribution in [-0.4, -0.2) is 16.5 Å². The van der Waals surface area contributed by atoms with Gasteiger partial charge in [0.2, 0.25) is 0 Å². The molecule has 1 N–H and O–H groups in total. The molecule has 1 aromatic carbocycles. The largest absolute Gasteiger partial charge is 0.370 e. The summed E-state index contributed by atoms with van der Waals surface area (Å²) in [5.41, 5.74) is 2.63. The Balaban J connectivity index is 2.03. The predicted octanol–water partition coefficient (Wildman–Crippen LogP) is 4.21. The molecule has 0 aliphatic carbocycles. The van der Waals surface area contributed by atoms with Gasteiger partial charge in [-0.05, 0) is 25.8 Å². The molecule has 2 aromatic rings. The van der Waals surface area contributed by atoms with E-state index in [0.717, 1.165) is 35.4 Å². The van der Waals surface area contributed by atoms with E-state index in [1.54, 1.807) is 11.8 Å². The van der Waals surface area contributed by atoms with Gasteiger partial charge in [-0.15, -0.1) is 11.8 Å². The van der Waals surface area contributed by atoms with E-state index in [1.165, 1.54) is 11.1 Å². The van der Waals surface area contributed by atoms with Gasteiger partial charge in [0.15, 0.2) is 0 Å². The molecule has 2 rings (SSSR count). The summed E-state index contributed by atoms with van der Waals surface area (Å²) in [7, 11) is 0. The van der Waals surface area contributed by atoms with Gasteiger partial charge in [0.05, 0.1) is 0 Å². The van der Waals surface area contributed by atoms with Gasteiger partial charge >= 0.3 is 0 Å².